The van der Waals surface area contributed by atoms with Crippen LogP contribution in [0.25, 0.3) is 6.08 Å². The molecule has 4 aromatic rings. The number of fused-ring (bicyclic) bond motifs is 1. The van der Waals surface area contributed by atoms with Gasteiger partial charge in [0.25, 0.3) is 11.8 Å². The molecule has 1 aromatic heterocycles. The first-order chi connectivity index (χ1) is 17.5. The van der Waals surface area contributed by atoms with Gasteiger partial charge in [0.2, 0.25) is 0 Å². The highest BCUT2D eigenvalue weighted by Crippen LogP contribution is 2.42. The second-order valence-electron chi connectivity index (χ2n) is 9.09. The summed E-state index contributed by atoms with van der Waals surface area (Å²) in [5, 5.41) is 0. The van der Waals surface area contributed by atoms with Crippen molar-refractivity contribution in [3.05, 3.63) is 126 Å². The third-order valence-electron chi connectivity index (χ3n) is 6.59. The number of furan rings is 1. The highest BCUT2D eigenvalue weighted by atomic mass is 16.3. The molecule has 3 aromatic carbocycles. The average Bonchev–Trinajstić information content (AvgIpc) is 3.42. The minimum atomic E-state index is -0.231. The maximum Gasteiger partial charge on any atom is 0.258 e. The predicted molar refractivity (Wildman–Crippen MR) is 143 cm³/mol. The van der Waals surface area contributed by atoms with Gasteiger partial charge in [0.15, 0.2) is 0 Å². The quantitative estimate of drug-likeness (QED) is 0.297. The van der Waals surface area contributed by atoms with E-state index in [4.69, 9.17) is 4.42 Å². The minimum absolute atomic E-state index is 0.0642. The number of carbonyl (C=O) groups excluding carboxylic acids is 2. The van der Waals surface area contributed by atoms with Crippen LogP contribution in [0.1, 0.15) is 46.6 Å². The van der Waals surface area contributed by atoms with Gasteiger partial charge in [-0.2, -0.15) is 0 Å². The molecule has 2 heterocycles. The Labute approximate surface area is 211 Å². The summed E-state index contributed by atoms with van der Waals surface area (Å²) in [6, 6.07) is 28.5. The number of anilines is 2. The number of rotatable bonds is 5. The zero-order valence-corrected chi connectivity index (χ0v) is 20.4. The van der Waals surface area contributed by atoms with Crippen molar-refractivity contribution in [2.24, 2.45) is 0 Å². The number of para-hydroxylation sites is 2. The summed E-state index contributed by atoms with van der Waals surface area (Å²) in [6.45, 7) is 4.04. The molecule has 0 bridgehead atoms. The van der Waals surface area contributed by atoms with Crippen molar-refractivity contribution in [3.63, 3.8) is 0 Å². The molecule has 0 N–H and O–H groups in total. The van der Waals surface area contributed by atoms with E-state index in [1.54, 1.807) is 24.5 Å². The summed E-state index contributed by atoms with van der Waals surface area (Å²) >= 11 is 0. The summed E-state index contributed by atoms with van der Waals surface area (Å²) in [6.07, 6.45) is 5.40. The topological polar surface area (TPSA) is 53.8 Å². The maximum absolute atomic E-state index is 13.9. The van der Waals surface area contributed by atoms with Gasteiger partial charge in [-0.3, -0.25) is 9.59 Å². The highest BCUT2D eigenvalue weighted by molar-refractivity contribution is 6.08. The third-order valence-corrected chi connectivity index (χ3v) is 6.59. The van der Waals surface area contributed by atoms with E-state index in [1.165, 1.54) is 0 Å². The fourth-order valence-electron chi connectivity index (χ4n) is 4.84. The number of hydrogen-bond donors (Lipinski definition) is 0. The Bertz CT molecular complexity index is 1380. The lowest BCUT2D eigenvalue weighted by Crippen LogP contribution is -2.47. The number of hydrogen-bond acceptors (Lipinski definition) is 3. The highest BCUT2D eigenvalue weighted by Gasteiger charge is 2.38. The van der Waals surface area contributed by atoms with Crippen molar-refractivity contribution in [1.82, 2.24) is 0 Å². The van der Waals surface area contributed by atoms with Crippen LogP contribution < -0.4 is 9.80 Å². The Morgan fingerprint density at radius 3 is 2.36 bits per heavy atom. The van der Waals surface area contributed by atoms with Crippen LogP contribution in [0.3, 0.4) is 0 Å². The van der Waals surface area contributed by atoms with E-state index in [9.17, 15) is 9.59 Å². The van der Waals surface area contributed by atoms with E-state index in [0.717, 1.165) is 22.5 Å². The van der Waals surface area contributed by atoms with Gasteiger partial charge in [0, 0.05) is 29.1 Å². The average molecular weight is 477 g/mol. The van der Waals surface area contributed by atoms with Crippen LogP contribution in [-0.2, 0) is 4.79 Å². The van der Waals surface area contributed by atoms with Crippen molar-refractivity contribution >= 4 is 29.3 Å². The van der Waals surface area contributed by atoms with Gasteiger partial charge in [-0.05, 0) is 74.4 Å². The van der Waals surface area contributed by atoms with Gasteiger partial charge in [-0.1, -0.05) is 54.1 Å². The molecule has 180 valence electrons. The molecule has 0 fully saturated rings. The van der Waals surface area contributed by atoms with Crippen LogP contribution in [0.15, 0.2) is 108 Å². The van der Waals surface area contributed by atoms with Crippen molar-refractivity contribution < 1.29 is 14.0 Å². The molecule has 0 saturated carbocycles. The lowest BCUT2D eigenvalue weighted by Gasteiger charge is -2.43. The first-order valence-electron chi connectivity index (χ1n) is 12.1. The number of carbonyl (C=O) groups is 2. The number of nitrogens with zero attached hydrogens (tertiary/aromatic N) is 2. The van der Waals surface area contributed by atoms with Crippen LogP contribution in [0.2, 0.25) is 0 Å². The van der Waals surface area contributed by atoms with E-state index in [1.807, 2.05) is 109 Å². The Morgan fingerprint density at radius 2 is 1.64 bits per heavy atom. The molecule has 36 heavy (non-hydrogen) atoms. The van der Waals surface area contributed by atoms with Gasteiger partial charge >= 0.3 is 0 Å². The Kier molecular flexibility index (Phi) is 6.54. The molecule has 5 heteroatoms. The summed E-state index contributed by atoms with van der Waals surface area (Å²) in [7, 11) is 0. The zero-order chi connectivity index (χ0) is 25.1. The Hall–Kier alpha value is -4.38. The summed E-state index contributed by atoms with van der Waals surface area (Å²) < 4.78 is 5.34. The largest absolute Gasteiger partial charge is 0.465 e. The van der Waals surface area contributed by atoms with Crippen LogP contribution in [0, 0.1) is 6.92 Å². The monoisotopic (exact) mass is 476 g/mol. The molecule has 5 rings (SSSR count). The van der Waals surface area contributed by atoms with Crippen LogP contribution in [-0.4, -0.2) is 17.9 Å². The normalized spacial score (nSPS) is 17.1. The molecule has 5 nitrogen and oxygen atoms in total. The molecule has 1 aliphatic heterocycles. The van der Waals surface area contributed by atoms with Crippen molar-refractivity contribution in [3.8, 4) is 0 Å². The second-order valence-corrected chi connectivity index (χ2v) is 9.09. The fourth-order valence-corrected chi connectivity index (χ4v) is 4.84. The summed E-state index contributed by atoms with van der Waals surface area (Å²) in [4.78, 5) is 30.9. The van der Waals surface area contributed by atoms with E-state index in [-0.39, 0.29) is 23.9 Å². The SMILES string of the molecule is Cc1ccc(C(=O)N(c2ccccc2)C2CC(C)N(C(=O)/C=C/c3ccco3)c3ccccc32)cc1. The molecule has 2 atom stereocenters. The molecule has 2 amide bonds. The molecule has 1 aliphatic rings. The number of benzene rings is 3. The van der Waals surface area contributed by atoms with Crippen LogP contribution in [0.5, 0.6) is 0 Å². The van der Waals surface area contributed by atoms with Gasteiger partial charge in [0.1, 0.15) is 5.76 Å². The summed E-state index contributed by atoms with van der Waals surface area (Å²) in [5.74, 6) is 0.435. The van der Waals surface area contributed by atoms with Crippen LogP contribution >= 0.6 is 0 Å². The van der Waals surface area contributed by atoms with Crippen LogP contribution in [0.4, 0.5) is 11.4 Å². The molecule has 0 aliphatic carbocycles. The fraction of sp³-hybridized carbons (Fsp3) is 0.161. The van der Waals surface area contributed by atoms with E-state index in [0.29, 0.717) is 17.7 Å². The smallest absolute Gasteiger partial charge is 0.258 e. The third kappa shape index (κ3) is 4.60. The lowest BCUT2D eigenvalue weighted by atomic mass is 9.89. The Balaban J connectivity index is 1.55. The minimum Gasteiger partial charge on any atom is -0.465 e. The van der Waals surface area contributed by atoms with Gasteiger partial charge in [0.05, 0.1) is 12.3 Å². The molecular weight excluding hydrogens is 448 g/mol. The molecule has 2 unspecified atom stereocenters. The van der Waals surface area contributed by atoms with Crippen molar-refractivity contribution in [2.75, 3.05) is 9.80 Å². The first-order valence-corrected chi connectivity index (χ1v) is 12.1. The van der Waals surface area contributed by atoms with Crippen molar-refractivity contribution in [1.29, 1.82) is 0 Å². The standard InChI is InChI=1S/C31H28N2O3/c1-22-14-16-24(17-15-22)31(35)33(25-9-4-3-5-10-25)29-21-23(2)32(28-13-7-6-12-27(28)29)30(34)19-18-26-11-8-20-36-26/h3-20,23,29H,21H2,1-2H3/b19-18+. The Morgan fingerprint density at radius 1 is 0.917 bits per heavy atom. The molecule has 0 saturated heterocycles. The van der Waals surface area contributed by atoms with E-state index < -0.39 is 0 Å². The summed E-state index contributed by atoms with van der Waals surface area (Å²) in [5.41, 5.74) is 4.32. The molecule has 0 spiro atoms. The predicted octanol–water partition coefficient (Wildman–Crippen LogP) is 6.81. The molecule has 0 radical (unpaired) electrons. The maximum atomic E-state index is 13.9. The van der Waals surface area contributed by atoms with Crippen molar-refractivity contribution in [2.45, 2.75) is 32.4 Å². The van der Waals surface area contributed by atoms with Gasteiger partial charge < -0.3 is 14.2 Å². The van der Waals surface area contributed by atoms with Gasteiger partial charge in [-0.15, -0.1) is 0 Å². The number of amides is 2. The molecular formula is C31H28N2O3. The zero-order valence-electron chi connectivity index (χ0n) is 20.4. The lowest BCUT2D eigenvalue weighted by molar-refractivity contribution is -0.114. The van der Waals surface area contributed by atoms with Gasteiger partial charge in [-0.25, -0.2) is 0 Å². The van der Waals surface area contributed by atoms with E-state index in [2.05, 4.69) is 0 Å². The number of aryl methyl sites for hydroxylation is 1. The second kappa shape index (κ2) is 10.1. The van der Waals surface area contributed by atoms with E-state index >= 15 is 0 Å². The first kappa shape index (κ1) is 23.4.